The number of hydrogen-bond acceptors (Lipinski definition) is 5. The molecule has 2 saturated heterocycles. The summed E-state index contributed by atoms with van der Waals surface area (Å²) in [7, 11) is 4.23. The Kier molecular flexibility index (Phi) is 5.58. The van der Waals surface area contributed by atoms with E-state index in [-0.39, 0.29) is 11.3 Å². The van der Waals surface area contributed by atoms with E-state index in [2.05, 4.69) is 23.9 Å². The maximum Gasteiger partial charge on any atom is 0.289 e. The number of piperidine rings is 1. The van der Waals surface area contributed by atoms with Crippen LogP contribution in [0.1, 0.15) is 23.4 Å². The highest BCUT2D eigenvalue weighted by Crippen LogP contribution is 2.34. The minimum atomic E-state index is 0.00820. The summed E-state index contributed by atoms with van der Waals surface area (Å²) < 4.78 is 11.2. The zero-order valence-electron chi connectivity index (χ0n) is 14.9. The Morgan fingerprint density at radius 2 is 2.08 bits per heavy atom. The van der Waals surface area contributed by atoms with Gasteiger partial charge in [-0.05, 0) is 39.1 Å². The molecule has 3 rings (SSSR count). The number of ether oxygens (including phenoxy) is 1. The molecule has 0 bridgehead atoms. The summed E-state index contributed by atoms with van der Waals surface area (Å²) >= 11 is 0. The lowest BCUT2D eigenvalue weighted by Crippen LogP contribution is -2.49. The number of furan rings is 1. The Hall–Kier alpha value is -1.37. The van der Waals surface area contributed by atoms with Crippen molar-refractivity contribution >= 4 is 5.91 Å². The summed E-state index contributed by atoms with van der Waals surface area (Å²) in [4.78, 5) is 19.1. The van der Waals surface area contributed by atoms with Gasteiger partial charge < -0.3 is 19.0 Å². The van der Waals surface area contributed by atoms with Crippen LogP contribution in [-0.4, -0.2) is 87.2 Å². The van der Waals surface area contributed by atoms with Crippen LogP contribution in [0.4, 0.5) is 0 Å². The van der Waals surface area contributed by atoms with Gasteiger partial charge in [0.1, 0.15) is 0 Å². The molecule has 1 aromatic heterocycles. The molecule has 1 spiro atoms. The quantitative estimate of drug-likeness (QED) is 0.832. The van der Waals surface area contributed by atoms with E-state index in [4.69, 9.17) is 9.15 Å². The van der Waals surface area contributed by atoms with Crippen molar-refractivity contribution in [2.24, 2.45) is 5.41 Å². The maximum absolute atomic E-state index is 12.4. The highest BCUT2D eigenvalue weighted by Gasteiger charge is 2.39. The molecule has 134 valence electrons. The number of amides is 1. The predicted octanol–water partition coefficient (Wildman–Crippen LogP) is 1.40. The van der Waals surface area contributed by atoms with Crippen molar-refractivity contribution in [2.75, 3.05) is 66.6 Å². The highest BCUT2D eigenvalue weighted by atomic mass is 16.5. The van der Waals surface area contributed by atoms with Crippen LogP contribution < -0.4 is 0 Å². The molecule has 1 amide bonds. The molecule has 24 heavy (non-hydrogen) atoms. The Morgan fingerprint density at radius 3 is 2.75 bits per heavy atom. The monoisotopic (exact) mass is 335 g/mol. The van der Waals surface area contributed by atoms with Gasteiger partial charge in [0.2, 0.25) is 0 Å². The second-order valence-electron chi connectivity index (χ2n) is 7.40. The fourth-order valence-electron chi connectivity index (χ4n) is 3.66. The number of likely N-dealkylation sites (N-methyl/N-ethyl adjacent to an activating group) is 1. The average molecular weight is 335 g/mol. The second-order valence-corrected chi connectivity index (χ2v) is 7.40. The van der Waals surface area contributed by atoms with E-state index >= 15 is 0 Å². The largest absolute Gasteiger partial charge is 0.459 e. The van der Waals surface area contributed by atoms with Gasteiger partial charge in [0.15, 0.2) is 5.76 Å². The fourth-order valence-corrected chi connectivity index (χ4v) is 3.66. The van der Waals surface area contributed by atoms with Crippen LogP contribution in [0.3, 0.4) is 0 Å². The Bertz CT molecular complexity index is 522. The van der Waals surface area contributed by atoms with Crippen LogP contribution in [-0.2, 0) is 4.74 Å². The van der Waals surface area contributed by atoms with E-state index < -0.39 is 0 Å². The molecule has 0 N–H and O–H groups in total. The lowest BCUT2D eigenvalue weighted by atomic mass is 9.78. The van der Waals surface area contributed by atoms with E-state index in [1.54, 1.807) is 18.4 Å². The first-order valence-corrected chi connectivity index (χ1v) is 8.86. The molecule has 0 atom stereocenters. The maximum atomic E-state index is 12.4. The zero-order chi connectivity index (χ0) is 17.0. The molecule has 1 aromatic rings. The molecule has 2 aliphatic rings. The lowest BCUT2D eigenvalue weighted by molar-refractivity contribution is 0.0136. The molecular weight excluding hydrogens is 306 g/mol. The van der Waals surface area contributed by atoms with Crippen molar-refractivity contribution < 1.29 is 13.9 Å². The smallest absolute Gasteiger partial charge is 0.289 e. The standard InChI is InChI=1S/C18H29N3O3/c1-19(2)9-10-20-11-13-23-15-18(14-20)5-7-21(8-6-18)17(22)16-4-3-12-24-16/h3-4,12H,5-11,13-15H2,1-2H3. The molecule has 2 fully saturated rings. The van der Waals surface area contributed by atoms with E-state index in [0.717, 1.165) is 65.3 Å². The number of nitrogens with zero attached hydrogens (tertiary/aromatic N) is 3. The number of carbonyl (C=O) groups excluding carboxylic acids is 1. The summed E-state index contributed by atoms with van der Waals surface area (Å²) in [5.74, 6) is 0.449. The van der Waals surface area contributed by atoms with Gasteiger partial charge >= 0.3 is 0 Å². The molecule has 2 aliphatic heterocycles. The van der Waals surface area contributed by atoms with Gasteiger partial charge in [0.05, 0.1) is 19.5 Å². The van der Waals surface area contributed by atoms with Gasteiger partial charge in [-0.3, -0.25) is 9.69 Å². The summed E-state index contributed by atoms with van der Waals surface area (Å²) in [5.41, 5.74) is 0.183. The topological polar surface area (TPSA) is 49.2 Å². The van der Waals surface area contributed by atoms with Crippen LogP contribution in [0, 0.1) is 5.41 Å². The number of carbonyl (C=O) groups is 1. The minimum Gasteiger partial charge on any atom is -0.459 e. The molecule has 6 nitrogen and oxygen atoms in total. The van der Waals surface area contributed by atoms with Crippen LogP contribution in [0.5, 0.6) is 0 Å². The van der Waals surface area contributed by atoms with Crippen molar-refractivity contribution in [1.29, 1.82) is 0 Å². The van der Waals surface area contributed by atoms with Gasteiger partial charge in [-0.1, -0.05) is 0 Å². The first-order valence-electron chi connectivity index (χ1n) is 8.86. The van der Waals surface area contributed by atoms with Crippen molar-refractivity contribution in [1.82, 2.24) is 14.7 Å². The fraction of sp³-hybridized carbons (Fsp3) is 0.722. The van der Waals surface area contributed by atoms with E-state index in [9.17, 15) is 4.79 Å². The Balaban J connectivity index is 1.57. The average Bonchev–Trinajstić information content (AvgIpc) is 3.04. The molecule has 0 aromatic carbocycles. The Labute approximate surface area is 144 Å². The van der Waals surface area contributed by atoms with Crippen LogP contribution in [0.2, 0.25) is 0 Å². The van der Waals surface area contributed by atoms with E-state index in [0.29, 0.717) is 5.76 Å². The molecule has 0 aliphatic carbocycles. The van der Waals surface area contributed by atoms with Gasteiger partial charge in [-0.15, -0.1) is 0 Å². The first kappa shape index (κ1) is 17.5. The number of rotatable bonds is 4. The van der Waals surface area contributed by atoms with Crippen LogP contribution in [0.25, 0.3) is 0 Å². The third-order valence-electron chi connectivity index (χ3n) is 5.23. The molecule has 0 radical (unpaired) electrons. The third kappa shape index (κ3) is 4.18. The van der Waals surface area contributed by atoms with Crippen LogP contribution >= 0.6 is 0 Å². The highest BCUT2D eigenvalue weighted by molar-refractivity contribution is 5.91. The predicted molar refractivity (Wildman–Crippen MR) is 92.1 cm³/mol. The summed E-state index contributed by atoms with van der Waals surface area (Å²) in [6.45, 7) is 7.41. The van der Waals surface area contributed by atoms with Crippen LogP contribution in [0.15, 0.2) is 22.8 Å². The second kappa shape index (κ2) is 7.68. The van der Waals surface area contributed by atoms with Crippen molar-refractivity contribution in [3.63, 3.8) is 0 Å². The van der Waals surface area contributed by atoms with E-state index in [1.165, 1.54) is 0 Å². The molecule has 0 unspecified atom stereocenters. The molecular formula is C18H29N3O3. The summed E-state index contributed by atoms with van der Waals surface area (Å²) in [5, 5.41) is 0. The van der Waals surface area contributed by atoms with Gasteiger partial charge in [0.25, 0.3) is 5.91 Å². The van der Waals surface area contributed by atoms with Crippen molar-refractivity contribution in [2.45, 2.75) is 12.8 Å². The van der Waals surface area contributed by atoms with Gasteiger partial charge in [-0.2, -0.15) is 0 Å². The minimum absolute atomic E-state index is 0.00820. The van der Waals surface area contributed by atoms with Crippen molar-refractivity contribution in [3.8, 4) is 0 Å². The Morgan fingerprint density at radius 1 is 1.29 bits per heavy atom. The lowest BCUT2D eigenvalue weighted by Gasteiger charge is -2.42. The summed E-state index contributed by atoms with van der Waals surface area (Å²) in [6.07, 6.45) is 3.55. The number of likely N-dealkylation sites (tertiary alicyclic amines) is 1. The first-order chi connectivity index (χ1) is 11.6. The molecule has 0 saturated carbocycles. The molecule has 3 heterocycles. The zero-order valence-corrected chi connectivity index (χ0v) is 14.9. The summed E-state index contributed by atoms with van der Waals surface area (Å²) in [6, 6.07) is 3.50. The SMILES string of the molecule is CN(C)CCN1CCOCC2(CCN(C(=O)c3ccco3)CC2)C1. The van der Waals surface area contributed by atoms with Gasteiger partial charge in [0, 0.05) is 44.7 Å². The van der Waals surface area contributed by atoms with Crippen molar-refractivity contribution in [3.05, 3.63) is 24.2 Å². The van der Waals surface area contributed by atoms with Gasteiger partial charge in [-0.25, -0.2) is 0 Å². The number of hydrogen-bond donors (Lipinski definition) is 0. The molecule has 6 heteroatoms. The van der Waals surface area contributed by atoms with E-state index in [1.807, 2.05) is 4.90 Å². The normalized spacial score (nSPS) is 22.0. The third-order valence-corrected chi connectivity index (χ3v) is 5.23.